The fraction of sp³-hybridized carbons (Fsp3) is 0.375. The predicted molar refractivity (Wildman–Crippen MR) is 79.6 cm³/mol. The molecule has 0 spiro atoms. The van der Waals surface area contributed by atoms with E-state index < -0.39 is 0 Å². The van der Waals surface area contributed by atoms with Crippen molar-refractivity contribution < 1.29 is 0 Å². The van der Waals surface area contributed by atoms with Crippen LogP contribution < -0.4 is 5.32 Å². The standard InChI is InChI=1S/C16H20N4/c1-12(2)10-18-11-14-8-13(3)4-5-15(14)20-7-6-19-16(20)9-17/h4-8,12,18H,10-11H2,1-3H3. The highest BCUT2D eigenvalue weighted by atomic mass is 15.1. The van der Waals surface area contributed by atoms with Gasteiger partial charge in [0.2, 0.25) is 5.82 Å². The minimum atomic E-state index is 0.416. The second-order valence-corrected chi connectivity index (χ2v) is 5.39. The van der Waals surface area contributed by atoms with Gasteiger partial charge in [-0.05, 0) is 31.0 Å². The molecule has 0 aliphatic carbocycles. The van der Waals surface area contributed by atoms with Crippen molar-refractivity contribution in [1.82, 2.24) is 14.9 Å². The lowest BCUT2D eigenvalue weighted by atomic mass is 10.1. The second kappa shape index (κ2) is 6.36. The number of imidazole rings is 1. The number of nitrogens with zero attached hydrogens (tertiary/aromatic N) is 3. The highest BCUT2D eigenvalue weighted by Crippen LogP contribution is 2.18. The van der Waals surface area contributed by atoms with Crippen molar-refractivity contribution in [3.8, 4) is 11.8 Å². The lowest BCUT2D eigenvalue weighted by Crippen LogP contribution is -2.20. The van der Waals surface area contributed by atoms with Crippen LogP contribution in [0.2, 0.25) is 0 Å². The van der Waals surface area contributed by atoms with Crippen molar-refractivity contribution in [2.24, 2.45) is 5.92 Å². The van der Waals surface area contributed by atoms with Gasteiger partial charge in [-0.3, -0.25) is 4.57 Å². The SMILES string of the molecule is Cc1ccc(-n2ccnc2C#N)c(CNCC(C)C)c1. The van der Waals surface area contributed by atoms with Gasteiger partial charge in [-0.25, -0.2) is 4.98 Å². The first-order valence-electron chi connectivity index (χ1n) is 6.86. The van der Waals surface area contributed by atoms with Gasteiger partial charge in [-0.2, -0.15) is 5.26 Å². The van der Waals surface area contributed by atoms with Crippen LogP contribution in [0.15, 0.2) is 30.6 Å². The molecular formula is C16H20N4. The first-order chi connectivity index (χ1) is 9.61. The van der Waals surface area contributed by atoms with E-state index in [0.717, 1.165) is 18.8 Å². The quantitative estimate of drug-likeness (QED) is 0.907. The summed E-state index contributed by atoms with van der Waals surface area (Å²) in [4.78, 5) is 4.06. The van der Waals surface area contributed by atoms with Crippen LogP contribution in [0.3, 0.4) is 0 Å². The third-order valence-corrected chi connectivity index (χ3v) is 3.10. The Labute approximate surface area is 120 Å². The van der Waals surface area contributed by atoms with Crippen molar-refractivity contribution in [2.75, 3.05) is 6.54 Å². The van der Waals surface area contributed by atoms with E-state index in [0.29, 0.717) is 11.7 Å². The Morgan fingerprint density at radius 3 is 2.90 bits per heavy atom. The molecule has 0 aliphatic rings. The Kier molecular flexibility index (Phi) is 4.54. The van der Waals surface area contributed by atoms with E-state index in [2.05, 4.69) is 49.3 Å². The topological polar surface area (TPSA) is 53.6 Å². The minimum absolute atomic E-state index is 0.416. The zero-order valence-corrected chi connectivity index (χ0v) is 12.2. The molecular weight excluding hydrogens is 248 g/mol. The first kappa shape index (κ1) is 14.3. The highest BCUT2D eigenvalue weighted by molar-refractivity contribution is 5.45. The number of benzene rings is 1. The lowest BCUT2D eigenvalue weighted by molar-refractivity contribution is 0.551. The average Bonchev–Trinajstić information content (AvgIpc) is 2.86. The second-order valence-electron chi connectivity index (χ2n) is 5.39. The van der Waals surface area contributed by atoms with Gasteiger partial charge in [0.1, 0.15) is 6.07 Å². The summed E-state index contributed by atoms with van der Waals surface area (Å²) in [6, 6.07) is 8.38. The molecule has 104 valence electrons. The number of aryl methyl sites for hydroxylation is 1. The molecule has 0 amide bonds. The summed E-state index contributed by atoms with van der Waals surface area (Å²) < 4.78 is 1.84. The molecule has 20 heavy (non-hydrogen) atoms. The maximum Gasteiger partial charge on any atom is 0.217 e. The summed E-state index contributed by atoms with van der Waals surface area (Å²) in [5.74, 6) is 1.03. The van der Waals surface area contributed by atoms with Crippen molar-refractivity contribution in [2.45, 2.75) is 27.3 Å². The zero-order valence-electron chi connectivity index (χ0n) is 12.2. The molecule has 2 rings (SSSR count). The monoisotopic (exact) mass is 268 g/mol. The molecule has 4 nitrogen and oxygen atoms in total. The molecule has 0 saturated carbocycles. The van der Waals surface area contributed by atoms with Crippen molar-refractivity contribution in [3.63, 3.8) is 0 Å². The van der Waals surface area contributed by atoms with Gasteiger partial charge in [-0.1, -0.05) is 31.5 Å². The Morgan fingerprint density at radius 2 is 2.20 bits per heavy atom. The molecule has 0 bridgehead atoms. The molecule has 0 unspecified atom stereocenters. The molecule has 0 aliphatic heterocycles. The summed E-state index contributed by atoms with van der Waals surface area (Å²) in [5.41, 5.74) is 3.41. The van der Waals surface area contributed by atoms with E-state index in [1.54, 1.807) is 6.20 Å². The summed E-state index contributed by atoms with van der Waals surface area (Å²) in [6.45, 7) is 8.22. The minimum Gasteiger partial charge on any atom is -0.312 e. The molecule has 2 aromatic rings. The molecule has 1 aromatic carbocycles. The largest absolute Gasteiger partial charge is 0.312 e. The van der Waals surface area contributed by atoms with E-state index in [9.17, 15) is 0 Å². The molecule has 1 aromatic heterocycles. The molecule has 1 N–H and O–H groups in total. The van der Waals surface area contributed by atoms with E-state index >= 15 is 0 Å². The first-order valence-corrected chi connectivity index (χ1v) is 6.86. The molecule has 0 fully saturated rings. The summed E-state index contributed by atoms with van der Waals surface area (Å²) >= 11 is 0. The Bertz CT molecular complexity index is 620. The average molecular weight is 268 g/mol. The number of aromatic nitrogens is 2. The smallest absolute Gasteiger partial charge is 0.217 e. The zero-order chi connectivity index (χ0) is 14.5. The Balaban J connectivity index is 2.31. The van der Waals surface area contributed by atoms with Gasteiger partial charge in [0, 0.05) is 18.9 Å². The van der Waals surface area contributed by atoms with Gasteiger partial charge >= 0.3 is 0 Å². The van der Waals surface area contributed by atoms with Gasteiger partial charge in [0.15, 0.2) is 0 Å². The van der Waals surface area contributed by atoms with E-state index in [4.69, 9.17) is 5.26 Å². The molecule has 0 saturated heterocycles. The van der Waals surface area contributed by atoms with Crippen LogP contribution in [0, 0.1) is 24.2 Å². The highest BCUT2D eigenvalue weighted by Gasteiger charge is 2.09. The van der Waals surface area contributed by atoms with Crippen LogP contribution in [0.25, 0.3) is 5.69 Å². The molecule has 0 atom stereocenters. The maximum absolute atomic E-state index is 9.11. The van der Waals surface area contributed by atoms with Crippen LogP contribution in [0.4, 0.5) is 0 Å². The van der Waals surface area contributed by atoms with E-state index in [1.807, 2.05) is 16.8 Å². The Hall–Kier alpha value is -2.12. The maximum atomic E-state index is 9.11. The third kappa shape index (κ3) is 3.25. The Morgan fingerprint density at radius 1 is 1.40 bits per heavy atom. The molecule has 1 heterocycles. The predicted octanol–water partition coefficient (Wildman–Crippen LogP) is 2.80. The fourth-order valence-corrected chi connectivity index (χ4v) is 2.17. The van der Waals surface area contributed by atoms with Crippen LogP contribution >= 0.6 is 0 Å². The lowest BCUT2D eigenvalue weighted by Gasteiger charge is -2.14. The third-order valence-electron chi connectivity index (χ3n) is 3.10. The summed E-state index contributed by atoms with van der Waals surface area (Å²) in [7, 11) is 0. The van der Waals surface area contributed by atoms with Crippen LogP contribution in [-0.4, -0.2) is 16.1 Å². The molecule has 4 heteroatoms. The number of hydrogen-bond donors (Lipinski definition) is 1. The van der Waals surface area contributed by atoms with Crippen LogP contribution in [0.1, 0.15) is 30.8 Å². The number of nitriles is 1. The van der Waals surface area contributed by atoms with Gasteiger partial charge in [-0.15, -0.1) is 0 Å². The van der Waals surface area contributed by atoms with Gasteiger partial charge < -0.3 is 5.32 Å². The van der Waals surface area contributed by atoms with Crippen molar-refractivity contribution in [1.29, 1.82) is 5.26 Å². The van der Waals surface area contributed by atoms with Gasteiger partial charge in [0.05, 0.1) is 5.69 Å². The van der Waals surface area contributed by atoms with Gasteiger partial charge in [0.25, 0.3) is 0 Å². The van der Waals surface area contributed by atoms with Crippen molar-refractivity contribution in [3.05, 3.63) is 47.5 Å². The van der Waals surface area contributed by atoms with Crippen LogP contribution in [-0.2, 0) is 6.54 Å². The number of hydrogen-bond acceptors (Lipinski definition) is 3. The fourth-order valence-electron chi connectivity index (χ4n) is 2.17. The number of rotatable bonds is 5. The number of nitrogens with one attached hydrogen (secondary N) is 1. The molecule has 0 radical (unpaired) electrons. The summed E-state index contributed by atoms with van der Waals surface area (Å²) in [6.07, 6.45) is 3.49. The van der Waals surface area contributed by atoms with Crippen LogP contribution in [0.5, 0.6) is 0 Å². The summed E-state index contributed by atoms with van der Waals surface area (Å²) in [5, 5.41) is 12.6. The van der Waals surface area contributed by atoms with Crippen molar-refractivity contribution >= 4 is 0 Å². The van der Waals surface area contributed by atoms with E-state index in [1.165, 1.54) is 11.1 Å². The normalized spacial score (nSPS) is 10.8. The van der Waals surface area contributed by atoms with E-state index in [-0.39, 0.29) is 0 Å².